The maximum atomic E-state index is 11.5. The first-order valence-electron chi connectivity index (χ1n) is 7.28. The maximum Gasteiger partial charge on any atom is 0.223 e. The number of nitrogens with one attached hydrogen (secondary N) is 1. The second kappa shape index (κ2) is 8.59. The summed E-state index contributed by atoms with van der Waals surface area (Å²) in [5.41, 5.74) is 7.12. The molecule has 0 spiro atoms. The summed E-state index contributed by atoms with van der Waals surface area (Å²) in [5, 5.41) is 2.84. The van der Waals surface area contributed by atoms with Crippen LogP contribution >= 0.6 is 0 Å². The second-order valence-electron chi connectivity index (χ2n) is 5.34. The maximum absolute atomic E-state index is 11.5. The van der Waals surface area contributed by atoms with Gasteiger partial charge in [-0.3, -0.25) is 4.79 Å². The van der Waals surface area contributed by atoms with Gasteiger partial charge in [-0.25, -0.2) is 0 Å². The van der Waals surface area contributed by atoms with Gasteiger partial charge in [0.15, 0.2) is 0 Å². The first-order chi connectivity index (χ1) is 9.51. The summed E-state index contributed by atoms with van der Waals surface area (Å²) in [6, 6.07) is 8.26. The van der Waals surface area contributed by atoms with E-state index in [1.165, 1.54) is 5.56 Å². The fraction of sp³-hybridized carbons (Fsp3) is 0.562. The molecule has 20 heavy (non-hydrogen) atoms. The van der Waals surface area contributed by atoms with Crippen molar-refractivity contribution in [1.82, 2.24) is 5.32 Å². The highest BCUT2D eigenvalue weighted by Gasteiger charge is 2.05. The smallest absolute Gasteiger partial charge is 0.223 e. The van der Waals surface area contributed by atoms with Crippen LogP contribution in [0.2, 0.25) is 0 Å². The Balaban J connectivity index is 2.40. The van der Waals surface area contributed by atoms with Gasteiger partial charge in [0.2, 0.25) is 5.91 Å². The van der Waals surface area contributed by atoms with Gasteiger partial charge in [0.1, 0.15) is 5.75 Å². The summed E-state index contributed by atoms with van der Waals surface area (Å²) in [7, 11) is 0. The summed E-state index contributed by atoms with van der Waals surface area (Å²) < 4.78 is 5.61. The second-order valence-corrected chi connectivity index (χ2v) is 5.34. The number of rotatable bonds is 8. The van der Waals surface area contributed by atoms with Gasteiger partial charge in [-0.05, 0) is 44.4 Å². The molecule has 0 bridgehead atoms. The Hall–Kier alpha value is -1.55. The molecule has 0 aromatic heterocycles. The Bertz CT molecular complexity index is 419. The summed E-state index contributed by atoms with van der Waals surface area (Å²) >= 11 is 0. The van der Waals surface area contributed by atoms with E-state index < -0.39 is 0 Å². The highest BCUT2D eigenvalue weighted by molar-refractivity contribution is 5.76. The van der Waals surface area contributed by atoms with E-state index in [-0.39, 0.29) is 18.0 Å². The van der Waals surface area contributed by atoms with Gasteiger partial charge in [-0.1, -0.05) is 19.1 Å². The van der Waals surface area contributed by atoms with Gasteiger partial charge in [0.05, 0.1) is 13.0 Å². The number of ether oxygens (including phenoxy) is 1. The third-order valence-electron chi connectivity index (χ3n) is 2.97. The van der Waals surface area contributed by atoms with Crippen LogP contribution in [0.15, 0.2) is 24.3 Å². The van der Waals surface area contributed by atoms with Crippen LogP contribution in [-0.2, 0) is 11.2 Å². The number of amides is 1. The van der Waals surface area contributed by atoms with E-state index in [4.69, 9.17) is 10.5 Å². The van der Waals surface area contributed by atoms with Crippen molar-refractivity contribution in [2.75, 3.05) is 6.61 Å². The molecule has 112 valence electrons. The van der Waals surface area contributed by atoms with Crippen molar-refractivity contribution in [3.63, 3.8) is 0 Å². The SMILES string of the molecule is CCC(N)Cc1cccc(OCCC(=O)NC(C)C)c1. The molecule has 1 rings (SSSR count). The van der Waals surface area contributed by atoms with Gasteiger partial charge >= 0.3 is 0 Å². The first-order valence-corrected chi connectivity index (χ1v) is 7.28. The van der Waals surface area contributed by atoms with Crippen LogP contribution in [0, 0.1) is 0 Å². The van der Waals surface area contributed by atoms with Crippen molar-refractivity contribution in [2.45, 2.75) is 52.1 Å². The lowest BCUT2D eigenvalue weighted by Gasteiger charge is -2.11. The van der Waals surface area contributed by atoms with Crippen molar-refractivity contribution >= 4 is 5.91 Å². The minimum atomic E-state index is 0.0177. The number of carbonyl (C=O) groups excluding carboxylic acids is 1. The van der Waals surface area contributed by atoms with E-state index in [2.05, 4.69) is 12.2 Å². The van der Waals surface area contributed by atoms with Crippen LogP contribution in [0.3, 0.4) is 0 Å². The number of hydrogen-bond donors (Lipinski definition) is 2. The van der Waals surface area contributed by atoms with E-state index in [1.54, 1.807) is 0 Å². The van der Waals surface area contributed by atoms with E-state index in [9.17, 15) is 4.79 Å². The van der Waals surface area contributed by atoms with Crippen molar-refractivity contribution in [1.29, 1.82) is 0 Å². The summed E-state index contributed by atoms with van der Waals surface area (Å²) in [5.74, 6) is 0.812. The van der Waals surface area contributed by atoms with E-state index in [0.29, 0.717) is 13.0 Å². The molecule has 1 aromatic carbocycles. The van der Waals surface area contributed by atoms with Crippen LogP contribution in [-0.4, -0.2) is 24.6 Å². The molecule has 0 heterocycles. The molecule has 0 saturated carbocycles. The van der Waals surface area contributed by atoms with Crippen LogP contribution in [0.5, 0.6) is 5.75 Å². The topological polar surface area (TPSA) is 64.3 Å². The number of hydrogen-bond acceptors (Lipinski definition) is 3. The molecule has 1 atom stereocenters. The number of carbonyl (C=O) groups is 1. The van der Waals surface area contributed by atoms with Crippen molar-refractivity contribution in [3.8, 4) is 5.75 Å². The molecule has 0 aliphatic heterocycles. The summed E-state index contributed by atoms with van der Waals surface area (Å²) in [6.45, 7) is 6.36. The Morgan fingerprint density at radius 3 is 2.80 bits per heavy atom. The molecule has 3 N–H and O–H groups in total. The lowest BCUT2D eigenvalue weighted by atomic mass is 10.0. The Morgan fingerprint density at radius 1 is 1.40 bits per heavy atom. The first kappa shape index (κ1) is 16.5. The molecule has 0 saturated heterocycles. The van der Waals surface area contributed by atoms with Crippen LogP contribution < -0.4 is 15.8 Å². The van der Waals surface area contributed by atoms with Crippen molar-refractivity contribution in [3.05, 3.63) is 29.8 Å². The molecular weight excluding hydrogens is 252 g/mol. The molecule has 0 fully saturated rings. The molecule has 0 aliphatic rings. The summed E-state index contributed by atoms with van der Waals surface area (Å²) in [6.07, 6.45) is 2.18. The highest BCUT2D eigenvalue weighted by Crippen LogP contribution is 2.15. The monoisotopic (exact) mass is 278 g/mol. The molecule has 4 nitrogen and oxygen atoms in total. The largest absolute Gasteiger partial charge is 0.493 e. The lowest BCUT2D eigenvalue weighted by Crippen LogP contribution is -2.31. The Kier molecular flexibility index (Phi) is 7.09. The zero-order valence-corrected chi connectivity index (χ0v) is 12.7. The van der Waals surface area contributed by atoms with E-state index in [1.807, 2.05) is 38.1 Å². The van der Waals surface area contributed by atoms with Crippen molar-refractivity contribution in [2.24, 2.45) is 5.73 Å². The minimum Gasteiger partial charge on any atom is -0.493 e. The average Bonchev–Trinajstić information content (AvgIpc) is 2.38. The molecule has 0 radical (unpaired) electrons. The quantitative estimate of drug-likeness (QED) is 0.766. The Labute approximate surface area is 121 Å². The van der Waals surface area contributed by atoms with Gasteiger partial charge in [0, 0.05) is 12.1 Å². The van der Waals surface area contributed by atoms with Gasteiger partial charge < -0.3 is 15.8 Å². The highest BCUT2D eigenvalue weighted by atomic mass is 16.5. The summed E-state index contributed by atoms with van der Waals surface area (Å²) in [4.78, 5) is 11.5. The molecule has 1 amide bonds. The van der Waals surface area contributed by atoms with Gasteiger partial charge in [-0.15, -0.1) is 0 Å². The third kappa shape index (κ3) is 6.57. The van der Waals surface area contributed by atoms with Crippen LogP contribution in [0.1, 0.15) is 39.2 Å². The lowest BCUT2D eigenvalue weighted by molar-refractivity contribution is -0.122. The van der Waals surface area contributed by atoms with Gasteiger partial charge in [-0.2, -0.15) is 0 Å². The Morgan fingerprint density at radius 2 is 2.15 bits per heavy atom. The molecular formula is C16H26N2O2. The zero-order valence-electron chi connectivity index (χ0n) is 12.7. The minimum absolute atomic E-state index is 0.0177. The fourth-order valence-electron chi connectivity index (χ4n) is 1.87. The molecule has 0 aliphatic carbocycles. The normalized spacial score (nSPS) is 12.2. The van der Waals surface area contributed by atoms with E-state index in [0.717, 1.165) is 18.6 Å². The number of nitrogens with two attached hydrogens (primary N) is 1. The van der Waals surface area contributed by atoms with Crippen molar-refractivity contribution < 1.29 is 9.53 Å². The third-order valence-corrected chi connectivity index (χ3v) is 2.97. The van der Waals surface area contributed by atoms with Crippen LogP contribution in [0.25, 0.3) is 0 Å². The standard InChI is InChI=1S/C16H26N2O2/c1-4-14(17)10-13-6-5-7-15(11-13)20-9-8-16(19)18-12(2)3/h5-7,11-12,14H,4,8-10,17H2,1-3H3,(H,18,19). The predicted molar refractivity (Wildman–Crippen MR) is 81.8 cm³/mol. The average molecular weight is 278 g/mol. The van der Waals surface area contributed by atoms with Crippen LogP contribution in [0.4, 0.5) is 0 Å². The zero-order chi connectivity index (χ0) is 15.0. The molecule has 1 unspecified atom stereocenters. The predicted octanol–water partition coefficient (Wildman–Crippen LogP) is 2.26. The number of benzene rings is 1. The van der Waals surface area contributed by atoms with Gasteiger partial charge in [0.25, 0.3) is 0 Å². The van der Waals surface area contributed by atoms with E-state index >= 15 is 0 Å². The fourth-order valence-corrected chi connectivity index (χ4v) is 1.87. The molecule has 4 heteroatoms. The molecule has 1 aromatic rings.